The zero-order chi connectivity index (χ0) is 15.6. The van der Waals surface area contributed by atoms with Gasteiger partial charge in [0.15, 0.2) is 5.13 Å². The number of nitrogen functional groups attached to an aromatic ring is 1. The van der Waals surface area contributed by atoms with Gasteiger partial charge in [-0.2, -0.15) is 13.2 Å². The van der Waals surface area contributed by atoms with Gasteiger partial charge < -0.3 is 11.1 Å². The van der Waals surface area contributed by atoms with Crippen molar-refractivity contribution < 1.29 is 18.0 Å². The third kappa shape index (κ3) is 4.57. The van der Waals surface area contributed by atoms with E-state index < -0.39 is 12.7 Å². The van der Waals surface area contributed by atoms with E-state index in [0.29, 0.717) is 41.8 Å². The maximum absolute atomic E-state index is 12.3. The van der Waals surface area contributed by atoms with Crippen LogP contribution in [0.5, 0.6) is 0 Å². The van der Waals surface area contributed by atoms with E-state index >= 15 is 0 Å². The highest BCUT2D eigenvalue weighted by Crippen LogP contribution is 2.23. The van der Waals surface area contributed by atoms with Crippen LogP contribution in [0, 0.1) is 12.8 Å². The van der Waals surface area contributed by atoms with Crippen LogP contribution in [0.3, 0.4) is 0 Å². The molecule has 5 nitrogen and oxygen atoms in total. The fraction of sp³-hybridized carbons (Fsp3) is 0.667. The number of aromatic nitrogens is 1. The number of alkyl halides is 3. The average Bonchev–Trinajstić information content (AvgIpc) is 2.91. The van der Waals surface area contributed by atoms with Crippen LogP contribution in [0.4, 0.5) is 18.3 Å². The Hall–Kier alpha value is -1.35. The molecule has 3 N–H and O–H groups in total. The summed E-state index contributed by atoms with van der Waals surface area (Å²) in [6, 6.07) is 0. The highest BCUT2D eigenvalue weighted by atomic mass is 32.1. The van der Waals surface area contributed by atoms with Gasteiger partial charge >= 0.3 is 6.18 Å². The van der Waals surface area contributed by atoms with Crippen LogP contribution in [-0.2, 0) is 0 Å². The van der Waals surface area contributed by atoms with E-state index in [2.05, 4.69) is 10.3 Å². The second kappa shape index (κ2) is 6.18. The van der Waals surface area contributed by atoms with Gasteiger partial charge in [-0.1, -0.05) is 11.3 Å². The molecule has 1 fully saturated rings. The molecule has 0 radical (unpaired) electrons. The van der Waals surface area contributed by atoms with Gasteiger partial charge in [-0.05, 0) is 25.8 Å². The standard InChI is InChI=1S/C12H17F3N4OS/c1-7-9(21-11(16)18-7)10(20)17-4-8-2-3-19(5-8)6-12(13,14)15/h8H,2-6H2,1H3,(H2,16,18)(H,17,20). The van der Waals surface area contributed by atoms with Gasteiger partial charge in [-0.15, -0.1) is 0 Å². The molecule has 0 aliphatic carbocycles. The van der Waals surface area contributed by atoms with Crippen LogP contribution in [0.1, 0.15) is 21.8 Å². The van der Waals surface area contributed by atoms with Crippen LogP contribution in [-0.4, -0.2) is 48.1 Å². The number of nitrogens with two attached hydrogens (primary N) is 1. The summed E-state index contributed by atoms with van der Waals surface area (Å²) >= 11 is 1.11. The Labute approximate surface area is 124 Å². The van der Waals surface area contributed by atoms with Crippen LogP contribution in [0.15, 0.2) is 0 Å². The minimum atomic E-state index is -4.17. The number of thiazole rings is 1. The van der Waals surface area contributed by atoms with E-state index in [1.165, 1.54) is 4.90 Å². The summed E-state index contributed by atoms with van der Waals surface area (Å²) in [6.45, 7) is 1.94. The number of halogens is 3. The Morgan fingerprint density at radius 2 is 2.29 bits per heavy atom. The molecular weight excluding hydrogens is 305 g/mol. The SMILES string of the molecule is Cc1nc(N)sc1C(=O)NCC1CCN(CC(F)(F)F)C1. The second-order valence-electron chi connectivity index (χ2n) is 5.18. The molecule has 1 aromatic rings. The molecule has 2 rings (SSSR count). The Morgan fingerprint density at radius 3 is 2.86 bits per heavy atom. The van der Waals surface area contributed by atoms with Crippen molar-refractivity contribution in [3.05, 3.63) is 10.6 Å². The van der Waals surface area contributed by atoms with Crippen molar-refractivity contribution in [3.63, 3.8) is 0 Å². The summed E-state index contributed by atoms with van der Waals surface area (Å²) in [5, 5.41) is 3.08. The quantitative estimate of drug-likeness (QED) is 0.884. The Balaban J connectivity index is 1.79. The number of hydrogen-bond acceptors (Lipinski definition) is 5. The molecule has 0 bridgehead atoms. The number of carbonyl (C=O) groups excluding carboxylic acids is 1. The first-order valence-electron chi connectivity index (χ1n) is 6.55. The van der Waals surface area contributed by atoms with Gasteiger partial charge in [0.1, 0.15) is 4.88 Å². The second-order valence-corrected chi connectivity index (χ2v) is 6.21. The summed E-state index contributed by atoms with van der Waals surface area (Å²) in [5.41, 5.74) is 6.10. The lowest BCUT2D eigenvalue weighted by molar-refractivity contribution is -0.143. The summed E-state index contributed by atoms with van der Waals surface area (Å²) in [4.78, 5) is 17.7. The van der Waals surface area contributed by atoms with Crippen LogP contribution < -0.4 is 11.1 Å². The number of carbonyl (C=O) groups is 1. The number of aryl methyl sites for hydroxylation is 1. The Kier molecular flexibility index (Phi) is 4.72. The minimum Gasteiger partial charge on any atom is -0.375 e. The van der Waals surface area contributed by atoms with E-state index in [1.807, 2.05) is 0 Å². The fourth-order valence-corrected chi connectivity index (χ4v) is 3.17. The molecule has 1 aliphatic rings. The predicted molar refractivity (Wildman–Crippen MR) is 74.2 cm³/mol. The van der Waals surface area contributed by atoms with Gasteiger partial charge in [-0.3, -0.25) is 9.69 Å². The molecule has 2 heterocycles. The zero-order valence-corrected chi connectivity index (χ0v) is 12.4. The van der Waals surface area contributed by atoms with Crippen molar-refractivity contribution in [1.82, 2.24) is 15.2 Å². The number of amides is 1. The van der Waals surface area contributed by atoms with Crippen LogP contribution in [0.2, 0.25) is 0 Å². The molecule has 1 aromatic heterocycles. The predicted octanol–water partition coefficient (Wildman–Crippen LogP) is 1.65. The van der Waals surface area contributed by atoms with Crippen molar-refractivity contribution >= 4 is 22.4 Å². The lowest BCUT2D eigenvalue weighted by Crippen LogP contribution is -2.34. The molecule has 1 atom stereocenters. The van der Waals surface area contributed by atoms with E-state index in [1.54, 1.807) is 6.92 Å². The van der Waals surface area contributed by atoms with E-state index in [9.17, 15) is 18.0 Å². The topological polar surface area (TPSA) is 71.2 Å². The van der Waals surface area contributed by atoms with Gasteiger partial charge in [0.25, 0.3) is 5.91 Å². The average molecular weight is 322 g/mol. The van der Waals surface area contributed by atoms with E-state index in [-0.39, 0.29) is 11.8 Å². The number of nitrogens with one attached hydrogen (secondary N) is 1. The zero-order valence-electron chi connectivity index (χ0n) is 11.5. The molecule has 0 spiro atoms. The van der Waals surface area contributed by atoms with Gasteiger partial charge in [0, 0.05) is 13.1 Å². The van der Waals surface area contributed by atoms with E-state index in [4.69, 9.17) is 5.73 Å². The Morgan fingerprint density at radius 1 is 1.57 bits per heavy atom. The number of anilines is 1. The molecule has 1 unspecified atom stereocenters. The van der Waals surface area contributed by atoms with Crippen LogP contribution in [0.25, 0.3) is 0 Å². The number of likely N-dealkylation sites (tertiary alicyclic amines) is 1. The summed E-state index contributed by atoms with van der Waals surface area (Å²) < 4.78 is 36.9. The Bertz CT molecular complexity index is 517. The maximum atomic E-state index is 12.3. The van der Waals surface area contributed by atoms with Crippen molar-refractivity contribution in [3.8, 4) is 0 Å². The van der Waals surface area contributed by atoms with Gasteiger partial charge in [-0.25, -0.2) is 4.98 Å². The molecule has 1 saturated heterocycles. The third-order valence-corrected chi connectivity index (χ3v) is 4.33. The first-order chi connectivity index (χ1) is 9.74. The largest absolute Gasteiger partial charge is 0.401 e. The maximum Gasteiger partial charge on any atom is 0.401 e. The summed E-state index contributed by atoms with van der Waals surface area (Å²) in [7, 11) is 0. The van der Waals surface area contributed by atoms with E-state index in [0.717, 1.165) is 11.3 Å². The van der Waals surface area contributed by atoms with Crippen LogP contribution >= 0.6 is 11.3 Å². The normalized spacial score (nSPS) is 19.9. The van der Waals surface area contributed by atoms with Crippen molar-refractivity contribution in [1.29, 1.82) is 0 Å². The first kappa shape index (κ1) is 16.0. The summed E-state index contributed by atoms with van der Waals surface area (Å²) in [5.74, 6) is -0.224. The molecule has 1 amide bonds. The molecule has 0 saturated carbocycles. The number of rotatable bonds is 4. The number of nitrogens with zero attached hydrogens (tertiary/aromatic N) is 2. The molecule has 0 aromatic carbocycles. The molecular formula is C12H17F3N4OS. The molecule has 9 heteroatoms. The molecule has 118 valence electrons. The minimum absolute atomic E-state index is 0.0434. The highest BCUT2D eigenvalue weighted by molar-refractivity contribution is 7.17. The van der Waals surface area contributed by atoms with Crippen molar-refractivity contribution in [2.24, 2.45) is 5.92 Å². The molecule has 21 heavy (non-hydrogen) atoms. The van der Waals surface area contributed by atoms with Crippen molar-refractivity contribution in [2.45, 2.75) is 19.5 Å². The first-order valence-corrected chi connectivity index (χ1v) is 7.36. The summed E-state index contributed by atoms with van der Waals surface area (Å²) in [6.07, 6.45) is -3.52. The fourth-order valence-electron chi connectivity index (χ4n) is 2.42. The smallest absolute Gasteiger partial charge is 0.375 e. The molecule has 1 aliphatic heterocycles. The monoisotopic (exact) mass is 322 g/mol. The highest BCUT2D eigenvalue weighted by Gasteiger charge is 2.34. The lowest BCUT2D eigenvalue weighted by Gasteiger charge is -2.17. The lowest BCUT2D eigenvalue weighted by atomic mass is 10.1. The van der Waals surface area contributed by atoms with Gasteiger partial charge in [0.05, 0.1) is 12.2 Å². The number of hydrogen-bond donors (Lipinski definition) is 2. The van der Waals surface area contributed by atoms with Gasteiger partial charge in [0.2, 0.25) is 0 Å². The third-order valence-electron chi connectivity index (χ3n) is 3.34. The van der Waals surface area contributed by atoms with Crippen molar-refractivity contribution in [2.75, 3.05) is 31.9 Å².